The Labute approximate surface area is 101 Å². The van der Waals surface area contributed by atoms with Gasteiger partial charge in [0.05, 0.1) is 12.0 Å². The van der Waals surface area contributed by atoms with E-state index >= 15 is 0 Å². The number of ether oxygens (including phenoxy) is 1. The van der Waals surface area contributed by atoms with Gasteiger partial charge in [-0.15, -0.1) is 0 Å². The van der Waals surface area contributed by atoms with Crippen LogP contribution in [0.3, 0.4) is 0 Å². The van der Waals surface area contributed by atoms with Crippen molar-refractivity contribution in [2.24, 2.45) is 5.92 Å². The fourth-order valence-corrected chi connectivity index (χ4v) is 2.50. The summed E-state index contributed by atoms with van der Waals surface area (Å²) in [5.41, 5.74) is 0. The molecule has 1 amide bonds. The number of rotatable bonds is 4. The second-order valence-electron chi connectivity index (χ2n) is 4.84. The van der Waals surface area contributed by atoms with E-state index in [4.69, 9.17) is 9.84 Å². The molecule has 1 N–H and O–H groups in total. The van der Waals surface area contributed by atoms with E-state index in [1.165, 1.54) is 0 Å². The molecule has 0 aromatic heterocycles. The van der Waals surface area contributed by atoms with Gasteiger partial charge in [-0.3, -0.25) is 9.59 Å². The molecule has 5 nitrogen and oxygen atoms in total. The molecule has 0 saturated carbocycles. The third-order valence-corrected chi connectivity index (χ3v) is 3.59. The minimum Gasteiger partial charge on any atom is -0.481 e. The van der Waals surface area contributed by atoms with Gasteiger partial charge >= 0.3 is 5.97 Å². The van der Waals surface area contributed by atoms with E-state index in [-0.39, 0.29) is 12.0 Å². The van der Waals surface area contributed by atoms with Gasteiger partial charge in [0, 0.05) is 26.1 Å². The number of aliphatic carboxylic acids is 1. The summed E-state index contributed by atoms with van der Waals surface area (Å²) in [6, 6.07) is 0. The van der Waals surface area contributed by atoms with Crippen LogP contribution < -0.4 is 0 Å². The van der Waals surface area contributed by atoms with Gasteiger partial charge < -0.3 is 14.7 Å². The van der Waals surface area contributed by atoms with Gasteiger partial charge in [-0.25, -0.2) is 0 Å². The molecule has 0 spiro atoms. The van der Waals surface area contributed by atoms with E-state index < -0.39 is 11.9 Å². The van der Waals surface area contributed by atoms with E-state index in [1.54, 1.807) is 4.90 Å². The Balaban J connectivity index is 1.80. The fraction of sp³-hybridized carbons (Fsp3) is 0.833. The van der Waals surface area contributed by atoms with Crippen LogP contribution in [0.2, 0.25) is 0 Å². The highest BCUT2D eigenvalue weighted by Gasteiger charge is 2.30. The summed E-state index contributed by atoms with van der Waals surface area (Å²) in [4.78, 5) is 24.2. The van der Waals surface area contributed by atoms with Crippen LogP contribution in [0.25, 0.3) is 0 Å². The summed E-state index contributed by atoms with van der Waals surface area (Å²) in [6.45, 7) is 1.81. The Hall–Kier alpha value is -1.10. The lowest BCUT2D eigenvalue weighted by Gasteiger charge is -2.31. The van der Waals surface area contributed by atoms with E-state index in [9.17, 15) is 9.59 Å². The largest absolute Gasteiger partial charge is 0.481 e. The summed E-state index contributed by atoms with van der Waals surface area (Å²) < 4.78 is 5.50. The monoisotopic (exact) mass is 241 g/mol. The molecular formula is C12H19NO4. The van der Waals surface area contributed by atoms with Crippen LogP contribution in [0, 0.1) is 5.92 Å². The number of likely N-dealkylation sites (tertiary alicyclic amines) is 1. The number of piperidine rings is 1. The molecule has 2 fully saturated rings. The van der Waals surface area contributed by atoms with E-state index in [1.807, 2.05) is 0 Å². The minimum atomic E-state index is -0.792. The van der Waals surface area contributed by atoms with Gasteiger partial charge in [-0.2, -0.15) is 0 Å². The number of carbonyl (C=O) groups excluding carboxylic acids is 1. The van der Waals surface area contributed by atoms with Crippen LogP contribution in [0.4, 0.5) is 0 Å². The standard InChI is InChI=1S/C12H19NO4/c14-11-4-3-9(12(15)16)8-13(11)6-5-10-2-1-7-17-10/h9-10H,1-8H2,(H,15,16). The molecule has 96 valence electrons. The summed E-state index contributed by atoms with van der Waals surface area (Å²) in [5.74, 6) is -1.10. The third-order valence-electron chi connectivity index (χ3n) is 3.59. The number of carbonyl (C=O) groups is 2. The average Bonchev–Trinajstić information content (AvgIpc) is 2.80. The van der Waals surface area contributed by atoms with Crippen LogP contribution in [0.5, 0.6) is 0 Å². The van der Waals surface area contributed by atoms with Gasteiger partial charge in [0.15, 0.2) is 0 Å². The minimum absolute atomic E-state index is 0.0838. The topological polar surface area (TPSA) is 66.8 Å². The highest BCUT2D eigenvalue weighted by atomic mass is 16.5. The van der Waals surface area contributed by atoms with Crippen LogP contribution >= 0.6 is 0 Å². The zero-order valence-corrected chi connectivity index (χ0v) is 9.93. The smallest absolute Gasteiger partial charge is 0.308 e. The maximum absolute atomic E-state index is 11.7. The molecule has 2 rings (SSSR count). The molecule has 2 saturated heterocycles. The second-order valence-corrected chi connectivity index (χ2v) is 4.84. The van der Waals surface area contributed by atoms with Crippen molar-refractivity contribution >= 4 is 11.9 Å². The zero-order valence-electron chi connectivity index (χ0n) is 9.93. The van der Waals surface area contributed by atoms with Crippen molar-refractivity contribution in [2.75, 3.05) is 19.7 Å². The Kier molecular flexibility index (Phi) is 3.99. The van der Waals surface area contributed by atoms with Gasteiger partial charge in [-0.1, -0.05) is 0 Å². The first-order valence-electron chi connectivity index (χ1n) is 6.29. The van der Waals surface area contributed by atoms with Gasteiger partial charge in [0.2, 0.25) is 5.91 Å². The number of amides is 1. The van der Waals surface area contributed by atoms with Gasteiger partial charge in [0.25, 0.3) is 0 Å². The molecule has 0 bridgehead atoms. The fourth-order valence-electron chi connectivity index (χ4n) is 2.50. The Morgan fingerprint density at radius 3 is 2.94 bits per heavy atom. The maximum Gasteiger partial charge on any atom is 0.308 e. The molecule has 0 aliphatic carbocycles. The predicted octanol–water partition coefficient (Wildman–Crippen LogP) is 0.879. The highest BCUT2D eigenvalue weighted by Crippen LogP contribution is 2.20. The van der Waals surface area contributed by atoms with Gasteiger partial charge in [-0.05, 0) is 25.7 Å². The molecular weight excluding hydrogens is 222 g/mol. The third kappa shape index (κ3) is 3.19. The van der Waals surface area contributed by atoms with Crippen LogP contribution in [-0.2, 0) is 14.3 Å². The summed E-state index contributed by atoms with van der Waals surface area (Å²) in [6.07, 6.45) is 4.08. The molecule has 2 heterocycles. The molecule has 0 aromatic carbocycles. The molecule has 2 aliphatic rings. The van der Waals surface area contributed by atoms with Crippen LogP contribution in [-0.4, -0.2) is 47.7 Å². The first-order valence-corrected chi connectivity index (χ1v) is 6.29. The van der Waals surface area contributed by atoms with Crippen molar-refractivity contribution in [3.05, 3.63) is 0 Å². The number of hydrogen-bond acceptors (Lipinski definition) is 3. The number of carboxylic acid groups (broad SMARTS) is 1. The number of nitrogens with zero attached hydrogens (tertiary/aromatic N) is 1. The second kappa shape index (κ2) is 5.49. The quantitative estimate of drug-likeness (QED) is 0.793. The van der Waals surface area contributed by atoms with E-state index in [0.717, 1.165) is 25.9 Å². The molecule has 5 heteroatoms. The summed E-state index contributed by atoms with van der Waals surface area (Å²) >= 11 is 0. The molecule has 0 radical (unpaired) electrons. The van der Waals surface area contributed by atoms with Crippen LogP contribution in [0.15, 0.2) is 0 Å². The molecule has 17 heavy (non-hydrogen) atoms. The molecule has 2 unspecified atom stereocenters. The van der Waals surface area contributed by atoms with Crippen molar-refractivity contribution in [2.45, 2.75) is 38.2 Å². The zero-order chi connectivity index (χ0) is 12.3. The average molecular weight is 241 g/mol. The lowest BCUT2D eigenvalue weighted by atomic mass is 9.97. The maximum atomic E-state index is 11.7. The Morgan fingerprint density at radius 2 is 2.29 bits per heavy atom. The van der Waals surface area contributed by atoms with Crippen molar-refractivity contribution in [1.82, 2.24) is 4.90 Å². The number of hydrogen-bond donors (Lipinski definition) is 1. The Bertz CT molecular complexity index is 299. The normalized spacial score (nSPS) is 29.6. The number of carboxylic acids is 1. The Morgan fingerprint density at radius 1 is 1.47 bits per heavy atom. The summed E-state index contributed by atoms with van der Waals surface area (Å²) in [7, 11) is 0. The lowest BCUT2D eigenvalue weighted by Crippen LogP contribution is -2.43. The SMILES string of the molecule is O=C(O)C1CCC(=O)N(CCC2CCCO2)C1. The first-order chi connectivity index (χ1) is 8.16. The lowest BCUT2D eigenvalue weighted by molar-refractivity contribution is -0.147. The van der Waals surface area contributed by atoms with Crippen molar-refractivity contribution in [3.8, 4) is 0 Å². The predicted molar refractivity (Wildman–Crippen MR) is 60.5 cm³/mol. The van der Waals surface area contributed by atoms with Crippen LogP contribution in [0.1, 0.15) is 32.1 Å². The van der Waals surface area contributed by atoms with Crippen molar-refractivity contribution in [3.63, 3.8) is 0 Å². The molecule has 0 aromatic rings. The highest BCUT2D eigenvalue weighted by molar-refractivity contribution is 5.80. The molecule has 2 atom stereocenters. The van der Waals surface area contributed by atoms with Crippen molar-refractivity contribution < 1.29 is 19.4 Å². The van der Waals surface area contributed by atoms with Crippen molar-refractivity contribution in [1.29, 1.82) is 0 Å². The van der Waals surface area contributed by atoms with Gasteiger partial charge in [0.1, 0.15) is 0 Å². The first kappa shape index (κ1) is 12.4. The van der Waals surface area contributed by atoms with E-state index in [0.29, 0.717) is 25.9 Å². The molecule has 2 aliphatic heterocycles. The summed E-state index contributed by atoms with van der Waals surface area (Å²) in [5, 5.41) is 8.96. The van der Waals surface area contributed by atoms with E-state index in [2.05, 4.69) is 0 Å².